The molecule has 0 bridgehead atoms. The van der Waals surface area contributed by atoms with E-state index in [9.17, 15) is 4.79 Å². The molecule has 1 N–H and O–H groups in total. The van der Waals surface area contributed by atoms with Crippen LogP contribution in [0.3, 0.4) is 0 Å². The summed E-state index contributed by atoms with van der Waals surface area (Å²) < 4.78 is 5.19. The maximum absolute atomic E-state index is 10.8. The van der Waals surface area contributed by atoms with E-state index in [1.54, 1.807) is 25.3 Å². The zero-order valence-corrected chi connectivity index (χ0v) is 7.60. The highest BCUT2D eigenvalue weighted by Crippen LogP contribution is 2.25. The quantitative estimate of drug-likeness (QED) is 0.788. The van der Waals surface area contributed by atoms with Gasteiger partial charge in [0.15, 0.2) is 5.58 Å². The first-order chi connectivity index (χ1) is 6.70. The Labute approximate surface area is 80.2 Å². The van der Waals surface area contributed by atoms with E-state index >= 15 is 0 Å². The fraction of sp³-hybridized carbons (Fsp3) is 0.200. The van der Waals surface area contributed by atoms with Crippen molar-refractivity contribution in [2.75, 3.05) is 0 Å². The average Bonchev–Trinajstić information content (AvgIpc) is 2.60. The summed E-state index contributed by atoms with van der Waals surface area (Å²) in [6.45, 7) is 1.61. The molecule has 1 unspecified atom stereocenters. The first kappa shape index (κ1) is 8.74. The van der Waals surface area contributed by atoms with Gasteiger partial charge >= 0.3 is 5.97 Å². The molecule has 0 aliphatic carbocycles. The highest BCUT2D eigenvalue weighted by molar-refractivity contribution is 5.84. The van der Waals surface area contributed by atoms with E-state index in [-0.39, 0.29) is 0 Å². The van der Waals surface area contributed by atoms with Gasteiger partial charge in [-0.3, -0.25) is 9.78 Å². The minimum atomic E-state index is -0.877. The van der Waals surface area contributed by atoms with Crippen molar-refractivity contribution >= 4 is 17.1 Å². The Balaban J connectivity index is 2.58. The van der Waals surface area contributed by atoms with E-state index in [1.165, 1.54) is 6.26 Å². The minimum Gasteiger partial charge on any atom is -0.481 e. The Morgan fingerprint density at radius 2 is 2.43 bits per heavy atom. The van der Waals surface area contributed by atoms with Crippen LogP contribution in [0.25, 0.3) is 11.1 Å². The number of aliphatic carboxylic acids is 1. The van der Waals surface area contributed by atoms with E-state index < -0.39 is 11.9 Å². The van der Waals surface area contributed by atoms with Crippen molar-refractivity contribution in [3.05, 3.63) is 30.2 Å². The minimum absolute atomic E-state index is 0.592. The molecule has 0 radical (unpaired) electrons. The summed E-state index contributed by atoms with van der Waals surface area (Å²) in [4.78, 5) is 14.9. The van der Waals surface area contributed by atoms with Gasteiger partial charge in [-0.2, -0.15) is 0 Å². The van der Waals surface area contributed by atoms with Gasteiger partial charge in [0.1, 0.15) is 5.52 Å². The number of aromatic nitrogens is 1. The summed E-state index contributed by atoms with van der Waals surface area (Å²) >= 11 is 0. The number of hydrogen-bond acceptors (Lipinski definition) is 3. The normalized spacial score (nSPS) is 12.9. The van der Waals surface area contributed by atoms with Gasteiger partial charge in [0.05, 0.1) is 12.2 Å². The number of carboxylic acid groups (broad SMARTS) is 1. The van der Waals surface area contributed by atoms with Crippen LogP contribution in [0, 0.1) is 0 Å². The van der Waals surface area contributed by atoms with Gasteiger partial charge in [-0.1, -0.05) is 0 Å². The van der Waals surface area contributed by atoms with Crippen molar-refractivity contribution in [1.29, 1.82) is 0 Å². The molecule has 0 aromatic carbocycles. The molecule has 2 aromatic rings. The van der Waals surface area contributed by atoms with E-state index in [4.69, 9.17) is 9.52 Å². The monoisotopic (exact) mass is 191 g/mol. The maximum atomic E-state index is 10.8. The standard InChI is InChI=1S/C10H9NO3/c1-6(10(12)13)7-5-14-8-3-2-4-11-9(7)8/h2-6H,1H3,(H,12,13). The fourth-order valence-electron chi connectivity index (χ4n) is 1.33. The molecule has 4 heteroatoms. The molecule has 1 atom stereocenters. The van der Waals surface area contributed by atoms with Crippen molar-refractivity contribution in [2.24, 2.45) is 0 Å². The zero-order valence-electron chi connectivity index (χ0n) is 7.60. The van der Waals surface area contributed by atoms with Crippen LogP contribution in [0.1, 0.15) is 18.4 Å². The number of fused-ring (bicyclic) bond motifs is 1. The molecule has 0 amide bonds. The molecule has 0 spiro atoms. The highest BCUT2D eigenvalue weighted by Gasteiger charge is 2.19. The molecule has 0 saturated heterocycles. The highest BCUT2D eigenvalue weighted by atomic mass is 16.4. The first-order valence-corrected chi connectivity index (χ1v) is 4.25. The van der Waals surface area contributed by atoms with Crippen LogP contribution >= 0.6 is 0 Å². The summed E-state index contributed by atoms with van der Waals surface area (Å²) in [7, 11) is 0. The van der Waals surface area contributed by atoms with Crippen LogP contribution in [-0.2, 0) is 4.79 Å². The number of hydrogen-bond donors (Lipinski definition) is 1. The lowest BCUT2D eigenvalue weighted by atomic mass is 10.0. The van der Waals surface area contributed by atoms with E-state index in [0.29, 0.717) is 16.7 Å². The van der Waals surface area contributed by atoms with Gasteiger partial charge in [0.25, 0.3) is 0 Å². The summed E-state index contributed by atoms with van der Waals surface area (Å²) in [6.07, 6.45) is 3.08. The largest absolute Gasteiger partial charge is 0.481 e. The number of furan rings is 1. The van der Waals surface area contributed by atoms with Crippen molar-refractivity contribution < 1.29 is 14.3 Å². The Hall–Kier alpha value is -1.84. The number of carbonyl (C=O) groups is 1. The predicted molar refractivity (Wildman–Crippen MR) is 50.1 cm³/mol. The zero-order chi connectivity index (χ0) is 10.1. The van der Waals surface area contributed by atoms with Gasteiger partial charge in [-0.05, 0) is 19.1 Å². The van der Waals surface area contributed by atoms with Crippen LogP contribution in [-0.4, -0.2) is 16.1 Å². The molecule has 0 saturated carbocycles. The Morgan fingerprint density at radius 3 is 3.14 bits per heavy atom. The van der Waals surface area contributed by atoms with Crippen molar-refractivity contribution in [3.8, 4) is 0 Å². The molecular formula is C10H9NO3. The number of nitrogens with zero attached hydrogens (tertiary/aromatic N) is 1. The lowest BCUT2D eigenvalue weighted by Gasteiger charge is -2.01. The summed E-state index contributed by atoms with van der Waals surface area (Å²) in [5.74, 6) is -1.47. The van der Waals surface area contributed by atoms with Gasteiger partial charge in [0, 0.05) is 11.8 Å². The second-order valence-corrected chi connectivity index (χ2v) is 3.10. The van der Waals surface area contributed by atoms with E-state index in [0.717, 1.165) is 0 Å². The van der Waals surface area contributed by atoms with Crippen LogP contribution in [0.4, 0.5) is 0 Å². The molecule has 2 rings (SSSR count). The summed E-state index contributed by atoms with van der Waals surface area (Å²) in [6, 6.07) is 3.52. The number of carboxylic acids is 1. The van der Waals surface area contributed by atoms with Gasteiger partial charge in [-0.25, -0.2) is 0 Å². The Morgan fingerprint density at radius 1 is 1.64 bits per heavy atom. The third kappa shape index (κ3) is 1.25. The molecule has 0 aliphatic heterocycles. The molecule has 2 heterocycles. The molecule has 2 aromatic heterocycles. The van der Waals surface area contributed by atoms with Crippen LogP contribution in [0.2, 0.25) is 0 Å². The lowest BCUT2D eigenvalue weighted by Crippen LogP contribution is -2.06. The van der Waals surface area contributed by atoms with Gasteiger partial charge in [-0.15, -0.1) is 0 Å². The van der Waals surface area contributed by atoms with Crippen molar-refractivity contribution in [1.82, 2.24) is 4.98 Å². The Kier molecular flexibility index (Phi) is 1.96. The van der Waals surface area contributed by atoms with E-state index in [2.05, 4.69) is 4.98 Å². The molecular weight excluding hydrogens is 182 g/mol. The number of pyridine rings is 1. The van der Waals surface area contributed by atoms with Crippen LogP contribution < -0.4 is 0 Å². The lowest BCUT2D eigenvalue weighted by molar-refractivity contribution is -0.138. The third-order valence-electron chi connectivity index (χ3n) is 2.19. The van der Waals surface area contributed by atoms with Crippen LogP contribution in [0.5, 0.6) is 0 Å². The maximum Gasteiger partial charge on any atom is 0.310 e. The molecule has 0 aliphatic rings. The summed E-state index contributed by atoms with van der Waals surface area (Å²) in [5, 5.41) is 8.84. The average molecular weight is 191 g/mol. The molecule has 72 valence electrons. The second-order valence-electron chi connectivity index (χ2n) is 3.10. The van der Waals surface area contributed by atoms with Gasteiger partial charge in [0.2, 0.25) is 0 Å². The second kappa shape index (κ2) is 3.14. The van der Waals surface area contributed by atoms with Gasteiger partial charge < -0.3 is 9.52 Å². The third-order valence-corrected chi connectivity index (χ3v) is 2.19. The Bertz CT molecular complexity index is 475. The first-order valence-electron chi connectivity index (χ1n) is 4.25. The molecule has 0 fully saturated rings. The topological polar surface area (TPSA) is 63.3 Å². The number of rotatable bonds is 2. The summed E-state index contributed by atoms with van der Waals surface area (Å²) in [5.41, 5.74) is 1.87. The SMILES string of the molecule is CC(C(=O)O)c1coc2cccnc12. The van der Waals surface area contributed by atoms with Crippen molar-refractivity contribution in [2.45, 2.75) is 12.8 Å². The fourth-order valence-corrected chi connectivity index (χ4v) is 1.33. The predicted octanol–water partition coefficient (Wildman–Crippen LogP) is 2.02. The van der Waals surface area contributed by atoms with E-state index in [1.807, 2.05) is 0 Å². The molecule has 4 nitrogen and oxygen atoms in total. The van der Waals surface area contributed by atoms with Crippen molar-refractivity contribution in [3.63, 3.8) is 0 Å². The smallest absolute Gasteiger partial charge is 0.310 e. The molecule has 14 heavy (non-hydrogen) atoms. The van der Waals surface area contributed by atoms with Crippen LogP contribution in [0.15, 0.2) is 29.0 Å².